The summed E-state index contributed by atoms with van der Waals surface area (Å²) in [7, 11) is 0. The smallest absolute Gasteiger partial charge is 0.211 e. The first kappa shape index (κ1) is 39.8. The van der Waals surface area contributed by atoms with Crippen LogP contribution in [0.25, 0.3) is 0 Å². The van der Waals surface area contributed by atoms with Crippen molar-refractivity contribution in [3.8, 4) is 0 Å². The van der Waals surface area contributed by atoms with E-state index in [1.165, 1.54) is 22.6 Å². The van der Waals surface area contributed by atoms with Crippen LogP contribution in [0.2, 0.25) is 0 Å². The molecule has 0 saturated carbocycles. The summed E-state index contributed by atoms with van der Waals surface area (Å²) in [4.78, 5) is 0. The summed E-state index contributed by atoms with van der Waals surface area (Å²) in [5.74, 6) is -22.1. The molecule has 0 amide bonds. The molecule has 0 atom stereocenters. The zero-order valence-electron chi connectivity index (χ0n) is 28.4. The molecule has 7 aromatic carbocycles. The van der Waals surface area contributed by atoms with Crippen LogP contribution in [0.3, 0.4) is 0 Å². The third-order valence-electron chi connectivity index (χ3n) is 9.09. The van der Waals surface area contributed by atoms with Gasteiger partial charge in [-0.05, 0) is 72.8 Å². The van der Waals surface area contributed by atoms with Gasteiger partial charge in [0.2, 0.25) is 0 Å². The van der Waals surface area contributed by atoms with Gasteiger partial charge in [0, 0.05) is 48.5 Å². The van der Waals surface area contributed by atoms with Crippen molar-refractivity contribution in [1.29, 1.82) is 0 Å². The Morgan fingerprint density at radius 1 is 0.268 bits per heavy atom. The van der Waals surface area contributed by atoms with E-state index in [-0.39, 0.29) is 48.5 Å². The molecule has 0 N–H and O–H groups in total. The minimum Gasteiger partial charge on any atom is -0.211 e. The van der Waals surface area contributed by atoms with E-state index in [1.54, 1.807) is 0 Å². The van der Waals surface area contributed by atoms with Crippen LogP contribution in [0, 0.1) is 75.7 Å². The Labute approximate surface area is 314 Å². The number of rotatable bonds is 7. The first-order chi connectivity index (χ1) is 26.7. The summed E-state index contributed by atoms with van der Waals surface area (Å²) in [6, 6.07) is 30.8. The van der Waals surface area contributed by atoms with Gasteiger partial charge in [0.15, 0.2) is 0 Å². The Morgan fingerprint density at radius 2 is 0.446 bits per heavy atom. The van der Waals surface area contributed by atoms with Crippen molar-refractivity contribution in [3.63, 3.8) is 0 Å². The third-order valence-corrected chi connectivity index (χ3v) is 14.8. The van der Waals surface area contributed by atoms with Crippen LogP contribution in [-0.4, -0.2) is 13.1 Å². The summed E-state index contributed by atoms with van der Waals surface area (Å²) in [5.41, 5.74) is 3.75. The van der Waals surface area contributed by atoms with Crippen LogP contribution in [0.5, 0.6) is 0 Å². The lowest BCUT2D eigenvalue weighted by atomic mass is 9.85. The highest BCUT2D eigenvalue weighted by molar-refractivity contribution is 7.20. The van der Waals surface area contributed by atoms with Gasteiger partial charge in [-0.2, -0.15) is 0 Å². The van der Waals surface area contributed by atoms with Gasteiger partial charge >= 0.3 is 0 Å². The lowest BCUT2D eigenvalue weighted by Crippen LogP contribution is -2.80. The fraction of sp³-hybridized carbons (Fsp3) is 0. The second-order valence-corrected chi connectivity index (χ2v) is 16.5. The Bertz CT molecular complexity index is 2090. The summed E-state index contributed by atoms with van der Waals surface area (Å²) >= 11 is -6.88. The monoisotopic (exact) mass is 794 g/mol. The molecule has 0 fully saturated rings. The molecule has 7 rings (SSSR count). The lowest BCUT2D eigenvalue weighted by molar-refractivity contribution is 0.545. The fourth-order valence-corrected chi connectivity index (χ4v) is 12.8. The third kappa shape index (κ3) is 7.65. The fourth-order valence-electron chi connectivity index (χ4n) is 7.05. The van der Waals surface area contributed by atoms with Crippen LogP contribution < -0.4 is 17.7 Å². The number of benzene rings is 7. The number of hydrogen-bond donors (Lipinski definition) is 0. The summed E-state index contributed by atoms with van der Waals surface area (Å²) in [6.07, 6.45) is 0. The van der Waals surface area contributed by atoms with Gasteiger partial charge in [0.05, 0.1) is 69.1 Å². The maximum Gasteiger partial charge on any atom is 0.299 e. The minimum absolute atomic E-state index is 0.106. The molecule has 7 aromatic rings. The molecule has 13 heteroatoms. The lowest BCUT2D eigenvalue weighted by Gasteiger charge is -2.41. The van der Waals surface area contributed by atoms with Gasteiger partial charge in [0.1, 0.15) is 23.3 Å². The van der Waals surface area contributed by atoms with E-state index in [4.69, 9.17) is 0 Å². The van der Waals surface area contributed by atoms with Crippen molar-refractivity contribution in [1.82, 2.24) is 0 Å². The molecule has 0 unspecified atom stereocenters. The highest BCUT2D eigenvalue weighted by atomic mass is 27.2. The average Bonchev–Trinajstić information content (AvgIpc) is 3.12. The van der Waals surface area contributed by atoms with E-state index >= 15 is 35.1 Å². The highest BCUT2D eigenvalue weighted by Crippen LogP contribution is 2.30. The molecule has 282 valence electrons. The van der Waals surface area contributed by atoms with Crippen molar-refractivity contribution in [2.45, 2.75) is 0 Å². The molecule has 0 radical (unpaired) electrons. The first-order valence-corrected chi connectivity index (χ1v) is 18.8. The molecule has 0 aliphatic rings. The summed E-state index contributed by atoms with van der Waals surface area (Å²) in [6.45, 7) is 0. The van der Waals surface area contributed by atoms with Crippen molar-refractivity contribution in [2.24, 2.45) is 0 Å². The Kier molecular flexibility index (Phi) is 11.7. The normalized spacial score (nSPS) is 11.2. The average molecular weight is 795 g/mol. The van der Waals surface area contributed by atoms with Crippen molar-refractivity contribution in [3.05, 3.63) is 232 Å². The van der Waals surface area contributed by atoms with Crippen molar-refractivity contribution in [2.75, 3.05) is 0 Å². The van der Waals surface area contributed by atoms with Crippen LogP contribution in [0.1, 0.15) is 16.7 Å². The molecule has 0 nitrogen and oxygen atoms in total. The molecule has 0 spiro atoms. The zero-order valence-corrected chi connectivity index (χ0v) is 29.5. The van der Waals surface area contributed by atoms with Crippen molar-refractivity contribution >= 4 is 30.8 Å². The molecular weight excluding hydrogens is 771 g/mol. The van der Waals surface area contributed by atoms with Crippen LogP contribution in [0.4, 0.5) is 52.7 Å². The van der Waals surface area contributed by atoms with E-state index in [0.29, 0.717) is 0 Å². The zero-order chi connectivity index (χ0) is 40.3. The van der Waals surface area contributed by atoms with E-state index in [2.05, 4.69) is 91.0 Å². The molecular formula is C43H23AlF12. The van der Waals surface area contributed by atoms with Gasteiger partial charge < -0.3 is 0 Å². The van der Waals surface area contributed by atoms with Crippen molar-refractivity contribution < 1.29 is 52.7 Å². The van der Waals surface area contributed by atoms with Gasteiger partial charge in [-0.3, -0.25) is 0 Å². The van der Waals surface area contributed by atoms with E-state index in [9.17, 15) is 17.6 Å². The summed E-state index contributed by atoms with van der Waals surface area (Å²) < 4.78 is 170. The molecule has 56 heavy (non-hydrogen) atoms. The topological polar surface area (TPSA) is 0 Å². The standard InChI is InChI=1S/C19H15.4C6H2F3.Al/c1-4-10-16(11-5-1)19(17-12-6-2-7-13-17)18-14-8-3-9-15-18;4*7-4-1-5(8)3-6(9)2-4;/h1-15H;4*1-2H;/q+1;;;;;-1. The predicted molar refractivity (Wildman–Crippen MR) is 189 cm³/mol. The number of hydrogen-bond acceptors (Lipinski definition) is 0. The van der Waals surface area contributed by atoms with E-state index < -0.39 is 101 Å². The van der Waals surface area contributed by atoms with E-state index in [0.717, 1.165) is 0 Å². The molecule has 0 saturated heterocycles. The maximum atomic E-state index is 15.3. The predicted octanol–water partition coefficient (Wildman–Crippen LogP) is 9.44. The quantitative estimate of drug-likeness (QED) is 0.0654. The van der Waals surface area contributed by atoms with Crippen LogP contribution in [-0.2, 0) is 0 Å². The largest absolute Gasteiger partial charge is 0.299 e. The molecule has 0 heterocycles. The molecule has 0 bridgehead atoms. The van der Waals surface area contributed by atoms with Crippen LogP contribution in [0.15, 0.2) is 140 Å². The van der Waals surface area contributed by atoms with E-state index in [1.807, 2.05) is 0 Å². The minimum atomic E-state index is -6.88. The van der Waals surface area contributed by atoms with Crippen LogP contribution >= 0.6 is 0 Å². The number of halogens is 12. The Hall–Kier alpha value is -5.90. The Morgan fingerprint density at radius 3 is 0.625 bits per heavy atom. The summed E-state index contributed by atoms with van der Waals surface area (Å²) in [5, 5.41) is 0. The highest BCUT2D eigenvalue weighted by Gasteiger charge is 2.50. The van der Waals surface area contributed by atoms with Gasteiger partial charge in [-0.25, -0.2) is 52.7 Å². The molecule has 0 aliphatic heterocycles. The first-order valence-electron chi connectivity index (χ1n) is 16.5. The van der Waals surface area contributed by atoms with Gasteiger partial charge in [-0.15, -0.1) is 17.7 Å². The van der Waals surface area contributed by atoms with Gasteiger partial charge in [-0.1, -0.05) is 18.2 Å². The Balaban J connectivity index is 0.000000233. The molecule has 0 aliphatic carbocycles. The maximum absolute atomic E-state index is 15.3. The molecule has 0 aromatic heterocycles. The second kappa shape index (κ2) is 16.5. The van der Waals surface area contributed by atoms with Gasteiger partial charge in [0.25, 0.3) is 13.1 Å². The SMILES string of the molecule is Fc1cc(F)[c]([Al-]([c]2c(F)cc(F)cc2F)([c]2c(F)cc(F)cc2F)[c]2c(F)cc(F)cc2F)c(F)c1.c1ccc([C+](c2ccccc2)c2ccccc2)cc1. The second-order valence-electron chi connectivity index (χ2n) is 12.5.